The largest absolute Gasteiger partial charge is 0.380 e. The molecule has 0 aliphatic rings. The predicted octanol–water partition coefficient (Wildman–Crippen LogP) is 2.55. The Kier molecular flexibility index (Phi) is 6.77. The highest BCUT2D eigenvalue weighted by Crippen LogP contribution is 2.06. The van der Waals surface area contributed by atoms with Gasteiger partial charge in [-0.1, -0.05) is 19.4 Å². The number of unbranched alkanes of at least 4 members (excludes halogenated alkanes) is 1. The molecule has 0 amide bonds. The monoisotopic (exact) mass is 222 g/mol. The van der Waals surface area contributed by atoms with Crippen LogP contribution in [0.2, 0.25) is 0 Å². The SMILES string of the molecule is CCCCOCCNC(C)c1ccccn1. The number of nitrogens with zero attached hydrogens (tertiary/aromatic N) is 1. The first-order valence-corrected chi connectivity index (χ1v) is 6.06. The van der Waals surface area contributed by atoms with Gasteiger partial charge in [-0.3, -0.25) is 4.98 Å². The molecule has 3 heteroatoms. The summed E-state index contributed by atoms with van der Waals surface area (Å²) in [6, 6.07) is 6.27. The van der Waals surface area contributed by atoms with Gasteiger partial charge in [0.1, 0.15) is 0 Å². The summed E-state index contributed by atoms with van der Waals surface area (Å²) >= 11 is 0. The molecule has 0 aliphatic carbocycles. The number of hydrogen-bond donors (Lipinski definition) is 1. The molecule has 1 atom stereocenters. The zero-order valence-electron chi connectivity index (χ0n) is 10.3. The molecule has 0 bridgehead atoms. The van der Waals surface area contributed by atoms with Crippen molar-refractivity contribution in [2.45, 2.75) is 32.7 Å². The minimum absolute atomic E-state index is 0.288. The summed E-state index contributed by atoms with van der Waals surface area (Å²) in [7, 11) is 0. The van der Waals surface area contributed by atoms with Crippen LogP contribution in [0, 0.1) is 0 Å². The Morgan fingerprint density at radius 1 is 1.38 bits per heavy atom. The zero-order valence-corrected chi connectivity index (χ0v) is 10.3. The van der Waals surface area contributed by atoms with Crippen LogP contribution in [-0.4, -0.2) is 24.7 Å². The maximum atomic E-state index is 5.48. The summed E-state index contributed by atoms with van der Waals surface area (Å²) in [5, 5.41) is 3.39. The van der Waals surface area contributed by atoms with Gasteiger partial charge in [-0.15, -0.1) is 0 Å². The van der Waals surface area contributed by atoms with Gasteiger partial charge < -0.3 is 10.1 Å². The number of hydrogen-bond acceptors (Lipinski definition) is 3. The van der Waals surface area contributed by atoms with Crippen molar-refractivity contribution in [2.24, 2.45) is 0 Å². The van der Waals surface area contributed by atoms with Crippen LogP contribution in [0.3, 0.4) is 0 Å². The minimum atomic E-state index is 0.288. The van der Waals surface area contributed by atoms with E-state index in [9.17, 15) is 0 Å². The number of rotatable bonds is 8. The molecule has 1 aromatic rings. The second-order valence-electron chi connectivity index (χ2n) is 3.90. The van der Waals surface area contributed by atoms with Gasteiger partial charge in [-0.05, 0) is 25.5 Å². The summed E-state index contributed by atoms with van der Waals surface area (Å²) in [4.78, 5) is 4.30. The lowest BCUT2D eigenvalue weighted by Gasteiger charge is -2.13. The van der Waals surface area contributed by atoms with Crippen molar-refractivity contribution in [3.05, 3.63) is 30.1 Å². The predicted molar refractivity (Wildman–Crippen MR) is 66.4 cm³/mol. The molecular formula is C13H22N2O. The summed E-state index contributed by atoms with van der Waals surface area (Å²) in [5.41, 5.74) is 1.08. The second kappa shape index (κ2) is 8.25. The zero-order chi connectivity index (χ0) is 11.6. The van der Waals surface area contributed by atoms with Crippen LogP contribution in [-0.2, 0) is 4.74 Å². The molecule has 1 rings (SSSR count). The van der Waals surface area contributed by atoms with E-state index in [1.54, 1.807) is 0 Å². The topological polar surface area (TPSA) is 34.1 Å². The number of aromatic nitrogens is 1. The Balaban J connectivity index is 2.09. The maximum Gasteiger partial charge on any atom is 0.0591 e. The van der Waals surface area contributed by atoms with Gasteiger partial charge in [0.25, 0.3) is 0 Å². The summed E-state index contributed by atoms with van der Waals surface area (Å²) in [6.07, 6.45) is 4.17. The third-order valence-corrected chi connectivity index (χ3v) is 2.47. The quantitative estimate of drug-likeness (QED) is 0.686. The van der Waals surface area contributed by atoms with Gasteiger partial charge in [0.15, 0.2) is 0 Å². The highest BCUT2D eigenvalue weighted by Gasteiger charge is 2.03. The Labute approximate surface area is 98.2 Å². The van der Waals surface area contributed by atoms with E-state index in [1.807, 2.05) is 24.4 Å². The van der Waals surface area contributed by atoms with Gasteiger partial charge in [0.05, 0.1) is 12.3 Å². The molecule has 0 fully saturated rings. The fraction of sp³-hybridized carbons (Fsp3) is 0.615. The van der Waals surface area contributed by atoms with E-state index < -0.39 is 0 Å². The van der Waals surface area contributed by atoms with Crippen molar-refractivity contribution in [1.82, 2.24) is 10.3 Å². The second-order valence-corrected chi connectivity index (χ2v) is 3.90. The van der Waals surface area contributed by atoms with Crippen LogP contribution in [0.1, 0.15) is 38.4 Å². The number of nitrogens with one attached hydrogen (secondary N) is 1. The van der Waals surface area contributed by atoms with Crippen LogP contribution in [0.4, 0.5) is 0 Å². The maximum absolute atomic E-state index is 5.48. The van der Waals surface area contributed by atoms with Crippen molar-refractivity contribution in [3.8, 4) is 0 Å². The van der Waals surface area contributed by atoms with Gasteiger partial charge in [-0.25, -0.2) is 0 Å². The van der Waals surface area contributed by atoms with E-state index in [-0.39, 0.29) is 6.04 Å². The Morgan fingerprint density at radius 2 is 2.25 bits per heavy atom. The summed E-state index contributed by atoms with van der Waals surface area (Å²) < 4.78 is 5.48. The average molecular weight is 222 g/mol. The van der Waals surface area contributed by atoms with E-state index in [0.717, 1.165) is 31.9 Å². The summed E-state index contributed by atoms with van der Waals surface area (Å²) in [6.45, 7) is 6.81. The summed E-state index contributed by atoms with van der Waals surface area (Å²) in [5.74, 6) is 0. The first-order chi connectivity index (χ1) is 7.84. The third-order valence-electron chi connectivity index (χ3n) is 2.47. The Morgan fingerprint density at radius 3 is 2.94 bits per heavy atom. The van der Waals surface area contributed by atoms with Gasteiger partial charge >= 0.3 is 0 Å². The third kappa shape index (κ3) is 5.24. The standard InChI is InChI=1S/C13H22N2O/c1-3-4-10-16-11-9-14-12(2)13-7-5-6-8-15-13/h5-8,12,14H,3-4,9-11H2,1-2H3. The number of ether oxygens (including phenoxy) is 1. The fourth-order valence-electron chi connectivity index (χ4n) is 1.43. The molecule has 1 unspecified atom stereocenters. The van der Waals surface area contributed by atoms with Crippen LogP contribution in [0.5, 0.6) is 0 Å². The van der Waals surface area contributed by atoms with Crippen molar-refractivity contribution in [2.75, 3.05) is 19.8 Å². The average Bonchev–Trinajstić information content (AvgIpc) is 2.34. The molecule has 0 saturated carbocycles. The van der Waals surface area contributed by atoms with Crippen molar-refractivity contribution in [3.63, 3.8) is 0 Å². The molecule has 0 saturated heterocycles. The fourth-order valence-corrected chi connectivity index (χ4v) is 1.43. The van der Waals surface area contributed by atoms with Crippen LogP contribution in [0.25, 0.3) is 0 Å². The van der Waals surface area contributed by atoms with E-state index in [4.69, 9.17) is 4.74 Å². The smallest absolute Gasteiger partial charge is 0.0591 e. The first-order valence-electron chi connectivity index (χ1n) is 6.06. The van der Waals surface area contributed by atoms with E-state index >= 15 is 0 Å². The molecule has 1 aromatic heterocycles. The molecule has 0 radical (unpaired) electrons. The molecule has 0 aliphatic heterocycles. The molecule has 0 aromatic carbocycles. The Hall–Kier alpha value is -0.930. The lowest BCUT2D eigenvalue weighted by atomic mass is 10.2. The molecule has 3 nitrogen and oxygen atoms in total. The van der Waals surface area contributed by atoms with Crippen molar-refractivity contribution in [1.29, 1.82) is 0 Å². The molecular weight excluding hydrogens is 200 g/mol. The van der Waals surface area contributed by atoms with Crippen LogP contribution in [0.15, 0.2) is 24.4 Å². The van der Waals surface area contributed by atoms with Crippen molar-refractivity contribution < 1.29 is 4.74 Å². The van der Waals surface area contributed by atoms with Crippen LogP contribution < -0.4 is 5.32 Å². The molecule has 16 heavy (non-hydrogen) atoms. The lowest BCUT2D eigenvalue weighted by molar-refractivity contribution is 0.131. The first kappa shape index (κ1) is 13.1. The minimum Gasteiger partial charge on any atom is -0.380 e. The Bertz CT molecular complexity index is 264. The normalized spacial score (nSPS) is 12.6. The molecule has 90 valence electrons. The lowest BCUT2D eigenvalue weighted by Crippen LogP contribution is -2.24. The van der Waals surface area contributed by atoms with Crippen molar-refractivity contribution >= 4 is 0 Å². The van der Waals surface area contributed by atoms with E-state index in [0.29, 0.717) is 0 Å². The van der Waals surface area contributed by atoms with E-state index in [2.05, 4.69) is 24.1 Å². The van der Waals surface area contributed by atoms with Crippen LogP contribution >= 0.6 is 0 Å². The molecule has 0 spiro atoms. The molecule has 1 N–H and O–H groups in total. The van der Waals surface area contributed by atoms with Gasteiger partial charge in [0.2, 0.25) is 0 Å². The molecule has 1 heterocycles. The highest BCUT2D eigenvalue weighted by molar-refractivity contribution is 5.07. The highest BCUT2D eigenvalue weighted by atomic mass is 16.5. The van der Waals surface area contributed by atoms with E-state index in [1.165, 1.54) is 6.42 Å². The van der Waals surface area contributed by atoms with Gasteiger partial charge in [-0.2, -0.15) is 0 Å². The van der Waals surface area contributed by atoms with Gasteiger partial charge in [0, 0.05) is 25.4 Å². The number of pyridine rings is 1.